The predicted molar refractivity (Wildman–Crippen MR) is 94.0 cm³/mol. The summed E-state index contributed by atoms with van der Waals surface area (Å²) < 4.78 is 0. The molecule has 0 bridgehead atoms. The molecule has 0 aromatic heterocycles. The molecule has 0 aliphatic rings. The van der Waals surface area contributed by atoms with E-state index in [1.165, 1.54) is 0 Å². The molecular formula is C16H16N6O2. The number of carbonyl (C=O) groups excluding carboxylic acids is 2. The van der Waals surface area contributed by atoms with Gasteiger partial charge >= 0.3 is 12.1 Å². The molecule has 0 saturated heterocycles. The van der Waals surface area contributed by atoms with E-state index in [1.807, 2.05) is 12.1 Å². The average molecular weight is 324 g/mol. The molecule has 0 radical (unpaired) electrons. The first kappa shape index (κ1) is 15.5. The number of urea groups is 2. The monoisotopic (exact) mass is 324 g/mol. The van der Waals surface area contributed by atoms with Crippen molar-refractivity contribution in [3.63, 3.8) is 0 Å². The van der Waals surface area contributed by atoms with Crippen LogP contribution >= 0.6 is 0 Å². The fraction of sp³-hybridized carbons (Fsp3) is 0. The first-order valence-electron chi connectivity index (χ1n) is 7.05. The molecule has 3 aromatic carbocycles. The average Bonchev–Trinajstić information content (AvgIpc) is 2.58. The number of primary amides is 2. The Labute approximate surface area is 137 Å². The highest BCUT2D eigenvalue weighted by Crippen LogP contribution is 2.35. The molecule has 8 nitrogen and oxygen atoms in total. The quantitative estimate of drug-likeness (QED) is 0.245. The SMILES string of the molecule is NC(=O)N(N)c1cccc2c1ccc1c(N(N)C(N)=O)cccc12. The minimum absolute atomic E-state index is 0.479. The fourth-order valence-electron chi connectivity index (χ4n) is 2.75. The molecule has 0 heterocycles. The molecule has 0 atom stereocenters. The molecule has 8 heteroatoms. The van der Waals surface area contributed by atoms with Gasteiger partial charge in [0.15, 0.2) is 0 Å². The van der Waals surface area contributed by atoms with Gasteiger partial charge < -0.3 is 11.5 Å². The number of nitrogens with two attached hydrogens (primary N) is 4. The van der Waals surface area contributed by atoms with E-state index in [0.717, 1.165) is 31.6 Å². The molecule has 3 aromatic rings. The molecule has 122 valence electrons. The zero-order valence-corrected chi connectivity index (χ0v) is 12.6. The number of hydrazine groups is 2. The van der Waals surface area contributed by atoms with E-state index in [9.17, 15) is 9.59 Å². The number of hydrogen-bond acceptors (Lipinski definition) is 4. The molecular weight excluding hydrogens is 308 g/mol. The van der Waals surface area contributed by atoms with Gasteiger partial charge in [0.2, 0.25) is 0 Å². The van der Waals surface area contributed by atoms with Crippen LogP contribution in [0.5, 0.6) is 0 Å². The Morgan fingerprint density at radius 2 is 1.00 bits per heavy atom. The number of amides is 4. The predicted octanol–water partition coefficient (Wildman–Crippen LogP) is 1.51. The Balaban J connectivity index is 2.33. The van der Waals surface area contributed by atoms with Gasteiger partial charge in [0.25, 0.3) is 0 Å². The lowest BCUT2D eigenvalue weighted by Crippen LogP contribution is -2.41. The summed E-state index contributed by atoms with van der Waals surface area (Å²) >= 11 is 0. The standard InChI is InChI=1S/C16H16N6O2/c17-15(23)21(19)13-5-1-3-9-10-4-2-6-14(22(20)16(18)24)12(10)8-7-11(9)13/h1-8H,19-20H2,(H2,17,23)(H2,18,24). The number of carbonyl (C=O) groups is 2. The number of hydrogen-bond donors (Lipinski definition) is 4. The minimum atomic E-state index is -0.766. The summed E-state index contributed by atoms with van der Waals surface area (Å²) in [6.45, 7) is 0. The van der Waals surface area contributed by atoms with Crippen molar-refractivity contribution in [2.24, 2.45) is 23.2 Å². The summed E-state index contributed by atoms with van der Waals surface area (Å²) in [7, 11) is 0. The van der Waals surface area contributed by atoms with Crippen LogP contribution in [0.4, 0.5) is 21.0 Å². The Morgan fingerprint density at radius 1 is 0.625 bits per heavy atom. The molecule has 0 spiro atoms. The third-order valence-corrected chi connectivity index (χ3v) is 3.87. The van der Waals surface area contributed by atoms with Gasteiger partial charge in [-0.05, 0) is 22.9 Å². The van der Waals surface area contributed by atoms with E-state index in [1.54, 1.807) is 36.4 Å². The fourth-order valence-corrected chi connectivity index (χ4v) is 2.75. The van der Waals surface area contributed by atoms with E-state index in [4.69, 9.17) is 23.2 Å². The van der Waals surface area contributed by atoms with Crippen molar-refractivity contribution in [2.45, 2.75) is 0 Å². The van der Waals surface area contributed by atoms with Gasteiger partial charge in [-0.15, -0.1) is 0 Å². The van der Waals surface area contributed by atoms with Gasteiger partial charge in [0.05, 0.1) is 11.4 Å². The maximum absolute atomic E-state index is 11.4. The third-order valence-electron chi connectivity index (χ3n) is 3.87. The molecule has 24 heavy (non-hydrogen) atoms. The lowest BCUT2D eigenvalue weighted by Gasteiger charge is -2.19. The van der Waals surface area contributed by atoms with Gasteiger partial charge in [-0.3, -0.25) is 0 Å². The van der Waals surface area contributed by atoms with Crippen molar-refractivity contribution in [2.75, 3.05) is 10.0 Å². The van der Waals surface area contributed by atoms with E-state index in [-0.39, 0.29) is 0 Å². The van der Waals surface area contributed by atoms with Gasteiger partial charge in [-0.25, -0.2) is 31.3 Å². The molecule has 0 unspecified atom stereocenters. The summed E-state index contributed by atoms with van der Waals surface area (Å²) in [5.74, 6) is 11.5. The largest absolute Gasteiger partial charge is 0.350 e. The number of rotatable bonds is 2. The first-order valence-corrected chi connectivity index (χ1v) is 7.05. The van der Waals surface area contributed by atoms with E-state index >= 15 is 0 Å². The Morgan fingerprint density at radius 3 is 1.33 bits per heavy atom. The van der Waals surface area contributed by atoms with Crippen molar-refractivity contribution in [1.82, 2.24) is 0 Å². The Bertz CT molecular complexity index is 893. The lowest BCUT2D eigenvalue weighted by atomic mass is 9.99. The zero-order chi connectivity index (χ0) is 17.4. The number of anilines is 2. The number of benzene rings is 3. The molecule has 8 N–H and O–H groups in total. The first-order chi connectivity index (χ1) is 11.4. The van der Waals surface area contributed by atoms with E-state index < -0.39 is 12.1 Å². The van der Waals surface area contributed by atoms with Crippen LogP contribution in [0.15, 0.2) is 48.5 Å². The van der Waals surface area contributed by atoms with Crippen LogP contribution in [-0.4, -0.2) is 12.1 Å². The van der Waals surface area contributed by atoms with Gasteiger partial charge in [0, 0.05) is 10.8 Å². The van der Waals surface area contributed by atoms with E-state index in [0.29, 0.717) is 11.4 Å². The summed E-state index contributed by atoms with van der Waals surface area (Å²) in [4.78, 5) is 22.7. The summed E-state index contributed by atoms with van der Waals surface area (Å²) in [6, 6.07) is 12.7. The molecule has 0 saturated carbocycles. The highest BCUT2D eigenvalue weighted by molar-refractivity contribution is 6.17. The minimum Gasteiger partial charge on any atom is -0.350 e. The molecule has 0 aliphatic carbocycles. The highest BCUT2D eigenvalue weighted by atomic mass is 16.2. The van der Waals surface area contributed by atoms with Crippen LogP contribution < -0.4 is 33.2 Å². The van der Waals surface area contributed by atoms with Crippen LogP contribution in [0.2, 0.25) is 0 Å². The second-order valence-electron chi connectivity index (χ2n) is 5.23. The number of fused-ring (bicyclic) bond motifs is 3. The van der Waals surface area contributed by atoms with Gasteiger partial charge in [-0.2, -0.15) is 0 Å². The summed E-state index contributed by atoms with van der Waals surface area (Å²) in [6.07, 6.45) is 0. The molecule has 4 amide bonds. The van der Waals surface area contributed by atoms with E-state index in [2.05, 4.69) is 0 Å². The lowest BCUT2D eigenvalue weighted by molar-refractivity contribution is 0.253. The van der Waals surface area contributed by atoms with Crippen molar-refractivity contribution in [1.29, 1.82) is 0 Å². The molecule has 3 rings (SSSR count). The topological polar surface area (TPSA) is 145 Å². The van der Waals surface area contributed by atoms with Crippen molar-refractivity contribution < 1.29 is 9.59 Å². The second-order valence-corrected chi connectivity index (χ2v) is 5.23. The van der Waals surface area contributed by atoms with Crippen LogP contribution in [0.3, 0.4) is 0 Å². The van der Waals surface area contributed by atoms with Crippen molar-refractivity contribution in [3.8, 4) is 0 Å². The molecule has 0 aliphatic heterocycles. The smallest absolute Gasteiger partial charge is 0.333 e. The summed E-state index contributed by atoms with van der Waals surface area (Å²) in [5, 5.41) is 4.92. The van der Waals surface area contributed by atoms with Crippen LogP contribution in [0.1, 0.15) is 0 Å². The Hall–Kier alpha value is -3.36. The van der Waals surface area contributed by atoms with Gasteiger partial charge in [0.1, 0.15) is 0 Å². The Kier molecular flexibility index (Phi) is 3.68. The molecule has 0 fully saturated rings. The maximum atomic E-state index is 11.4. The second kappa shape index (κ2) is 5.69. The van der Waals surface area contributed by atoms with Crippen LogP contribution in [-0.2, 0) is 0 Å². The van der Waals surface area contributed by atoms with Crippen LogP contribution in [0, 0.1) is 0 Å². The van der Waals surface area contributed by atoms with Crippen molar-refractivity contribution in [3.05, 3.63) is 48.5 Å². The third kappa shape index (κ3) is 2.35. The van der Waals surface area contributed by atoms with Gasteiger partial charge in [-0.1, -0.05) is 36.4 Å². The number of nitrogens with zero attached hydrogens (tertiary/aromatic N) is 2. The highest BCUT2D eigenvalue weighted by Gasteiger charge is 2.15. The summed E-state index contributed by atoms with van der Waals surface area (Å²) in [5.41, 5.74) is 11.5. The normalized spacial score (nSPS) is 10.8. The zero-order valence-electron chi connectivity index (χ0n) is 12.6. The van der Waals surface area contributed by atoms with Crippen molar-refractivity contribution >= 4 is 45.0 Å². The maximum Gasteiger partial charge on any atom is 0.333 e. The van der Waals surface area contributed by atoms with Crippen LogP contribution in [0.25, 0.3) is 21.5 Å².